The van der Waals surface area contributed by atoms with Crippen LogP contribution < -0.4 is 0 Å². The van der Waals surface area contributed by atoms with Gasteiger partial charge in [0.2, 0.25) is 0 Å². The maximum atomic E-state index is 13.7. The largest absolute Gasteiger partial charge is 0.268 e. The van der Waals surface area contributed by atoms with E-state index in [-0.39, 0.29) is 11.5 Å². The summed E-state index contributed by atoms with van der Waals surface area (Å²) in [5.74, 6) is -0.832. The Bertz CT molecular complexity index is 506. The van der Waals surface area contributed by atoms with Gasteiger partial charge in [0.15, 0.2) is 0 Å². The minimum atomic E-state index is -1.44. The molecule has 0 N–H and O–H groups in total. The molecule has 1 aliphatic heterocycles. The summed E-state index contributed by atoms with van der Waals surface area (Å²) in [4.78, 5) is 11.9. The Morgan fingerprint density at radius 1 is 1.50 bits per heavy atom. The zero-order chi connectivity index (χ0) is 12.0. The normalized spacial score (nSPS) is 21.1. The van der Waals surface area contributed by atoms with Crippen LogP contribution in [0.2, 0.25) is 0 Å². The standard InChI is InChI=1S/C10H9BrFNO2S/c1-5-9-7(3-6(11)4-8(9)12)10(14)13(5)16(2)15/h3-5H,1-2H3/t5-,16-/m1/s1. The van der Waals surface area contributed by atoms with Crippen LogP contribution in [0.4, 0.5) is 4.39 Å². The lowest BCUT2D eigenvalue weighted by Crippen LogP contribution is -2.28. The van der Waals surface area contributed by atoms with Gasteiger partial charge in [0.25, 0.3) is 5.91 Å². The number of carbonyl (C=O) groups is 1. The second-order valence-electron chi connectivity index (χ2n) is 3.58. The summed E-state index contributed by atoms with van der Waals surface area (Å²) in [6, 6.07) is 2.39. The molecule has 1 aliphatic rings. The minimum absolute atomic E-state index is 0.287. The summed E-state index contributed by atoms with van der Waals surface area (Å²) in [6.07, 6.45) is 1.41. The Labute approximate surface area is 103 Å². The molecule has 0 saturated carbocycles. The number of halogens is 2. The van der Waals surface area contributed by atoms with Crippen molar-refractivity contribution in [2.24, 2.45) is 0 Å². The van der Waals surface area contributed by atoms with E-state index in [4.69, 9.17) is 0 Å². The molecule has 1 amide bonds. The van der Waals surface area contributed by atoms with Crippen LogP contribution in [0, 0.1) is 5.82 Å². The summed E-state index contributed by atoms with van der Waals surface area (Å²) in [7, 11) is -1.44. The van der Waals surface area contributed by atoms with Gasteiger partial charge in [-0.15, -0.1) is 0 Å². The number of benzene rings is 1. The molecule has 2 rings (SSSR count). The number of amides is 1. The molecule has 0 unspecified atom stereocenters. The third-order valence-electron chi connectivity index (χ3n) is 2.57. The highest BCUT2D eigenvalue weighted by molar-refractivity contribution is 9.10. The summed E-state index contributed by atoms with van der Waals surface area (Å²) in [6.45, 7) is 1.67. The van der Waals surface area contributed by atoms with Crippen molar-refractivity contribution in [2.45, 2.75) is 13.0 Å². The minimum Gasteiger partial charge on any atom is -0.268 e. The molecule has 3 nitrogen and oxygen atoms in total. The zero-order valence-electron chi connectivity index (χ0n) is 8.66. The predicted molar refractivity (Wildman–Crippen MR) is 62.8 cm³/mol. The quantitative estimate of drug-likeness (QED) is 0.799. The molecule has 1 aromatic carbocycles. The lowest BCUT2D eigenvalue weighted by molar-refractivity contribution is 0.0866. The van der Waals surface area contributed by atoms with Crippen molar-refractivity contribution in [3.8, 4) is 0 Å². The number of hydrogen-bond acceptors (Lipinski definition) is 2. The molecule has 16 heavy (non-hydrogen) atoms. The number of fused-ring (bicyclic) bond motifs is 1. The molecule has 1 heterocycles. The molecule has 0 aromatic heterocycles. The maximum absolute atomic E-state index is 13.7. The third-order valence-corrected chi connectivity index (χ3v) is 4.07. The average Bonchev–Trinajstić information content (AvgIpc) is 2.38. The summed E-state index contributed by atoms with van der Waals surface area (Å²) in [5.41, 5.74) is 0.609. The van der Waals surface area contributed by atoms with E-state index < -0.39 is 22.8 Å². The fourth-order valence-electron chi connectivity index (χ4n) is 1.94. The van der Waals surface area contributed by atoms with E-state index in [0.29, 0.717) is 10.0 Å². The number of rotatable bonds is 1. The molecule has 2 atom stereocenters. The second-order valence-corrected chi connectivity index (χ2v) is 5.74. The number of nitrogens with zero attached hydrogens (tertiary/aromatic N) is 1. The summed E-state index contributed by atoms with van der Waals surface area (Å²) in [5, 5.41) is 0. The Morgan fingerprint density at radius 3 is 2.69 bits per heavy atom. The summed E-state index contributed by atoms with van der Waals surface area (Å²) < 4.78 is 26.8. The van der Waals surface area contributed by atoms with Crippen molar-refractivity contribution in [2.75, 3.05) is 6.26 Å². The predicted octanol–water partition coefficient (Wildman–Crippen LogP) is 2.40. The molecular formula is C10H9BrFNO2S. The van der Waals surface area contributed by atoms with E-state index >= 15 is 0 Å². The van der Waals surface area contributed by atoms with E-state index in [1.165, 1.54) is 16.6 Å². The van der Waals surface area contributed by atoms with E-state index in [2.05, 4.69) is 15.9 Å². The van der Waals surface area contributed by atoms with Crippen molar-refractivity contribution in [1.82, 2.24) is 4.31 Å². The van der Waals surface area contributed by atoms with Crippen LogP contribution in [0.5, 0.6) is 0 Å². The van der Waals surface area contributed by atoms with Crippen LogP contribution in [0.3, 0.4) is 0 Å². The Morgan fingerprint density at radius 2 is 2.12 bits per heavy atom. The highest BCUT2D eigenvalue weighted by Gasteiger charge is 2.38. The summed E-state index contributed by atoms with van der Waals surface area (Å²) >= 11 is 3.13. The monoisotopic (exact) mass is 305 g/mol. The first kappa shape index (κ1) is 11.7. The Balaban J connectivity index is 2.64. The number of hydrogen-bond donors (Lipinski definition) is 0. The smallest absolute Gasteiger partial charge is 0.266 e. The van der Waals surface area contributed by atoms with Gasteiger partial charge in [0.05, 0.1) is 6.04 Å². The van der Waals surface area contributed by atoms with Gasteiger partial charge >= 0.3 is 0 Å². The molecular weight excluding hydrogens is 297 g/mol. The highest BCUT2D eigenvalue weighted by atomic mass is 79.9. The molecule has 0 aliphatic carbocycles. The van der Waals surface area contributed by atoms with E-state index in [0.717, 1.165) is 0 Å². The zero-order valence-corrected chi connectivity index (χ0v) is 11.1. The average molecular weight is 306 g/mol. The molecule has 1 aromatic rings. The lowest BCUT2D eigenvalue weighted by Gasteiger charge is -2.17. The lowest BCUT2D eigenvalue weighted by atomic mass is 10.1. The first-order chi connectivity index (χ1) is 7.43. The van der Waals surface area contributed by atoms with Crippen molar-refractivity contribution in [3.05, 3.63) is 33.5 Å². The fourth-order valence-corrected chi connectivity index (χ4v) is 3.25. The van der Waals surface area contributed by atoms with Gasteiger partial charge in [0, 0.05) is 21.9 Å². The molecule has 0 saturated heterocycles. The molecule has 0 fully saturated rings. The van der Waals surface area contributed by atoms with Crippen molar-refractivity contribution in [3.63, 3.8) is 0 Å². The van der Waals surface area contributed by atoms with Gasteiger partial charge in [-0.2, -0.15) is 0 Å². The Kier molecular flexibility index (Phi) is 2.88. The van der Waals surface area contributed by atoms with E-state index in [1.54, 1.807) is 13.0 Å². The van der Waals surface area contributed by atoms with Crippen molar-refractivity contribution in [1.29, 1.82) is 0 Å². The van der Waals surface area contributed by atoms with Crippen LogP contribution in [0.1, 0.15) is 28.9 Å². The van der Waals surface area contributed by atoms with Gasteiger partial charge in [-0.3, -0.25) is 9.10 Å². The molecule has 0 bridgehead atoms. The van der Waals surface area contributed by atoms with Gasteiger partial charge in [-0.1, -0.05) is 15.9 Å². The first-order valence-electron chi connectivity index (χ1n) is 4.59. The van der Waals surface area contributed by atoms with Crippen molar-refractivity contribution >= 4 is 32.8 Å². The van der Waals surface area contributed by atoms with Gasteiger partial charge in [0.1, 0.15) is 16.8 Å². The van der Waals surface area contributed by atoms with Crippen LogP contribution in [0.15, 0.2) is 16.6 Å². The molecule has 0 spiro atoms. The van der Waals surface area contributed by atoms with Crippen LogP contribution in [-0.2, 0) is 11.0 Å². The van der Waals surface area contributed by atoms with E-state index in [9.17, 15) is 13.4 Å². The van der Waals surface area contributed by atoms with Gasteiger partial charge in [-0.25, -0.2) is 8.60 Å². The van der Waals surface area contributed by atoms with Crippen LogP contribution >= 0.6 is 15.9 Å². The van der Waals surface area contributed by atoms with Crippen LogP contribution in [0.25, 0.3) is 0 Å². The fraction of sp³-hybridized carbons (Fsp3) is 0.300. The SMILES string of the molecule is C[C@@H]1c2c(F)cc(Br)cc2C(=O)N1[S@@](C)=O. The molecule has 86 valence electrons. The van der Waals surface area contributed by atoms with E-state index in [1.807, 2.05) is 0 Å². The van der Waals surface area contributed by atoms with Crippen molar-refractivity contribution < 1.29 is 13.4 Å². The highest BCUT2D eigenvalue weighted by Crippen LogP contribution is 2.37. The first-order valence-corrected chi connectivity index (χ1v) is 6.90. The van der Waals surface area contributed by atoms with Gasteiger partial charge < -0.3 is 0 Å². The van der Waals surface area contributed by atoms with Gasteiger partial charge in [-0.05, 0) is 19.1 Å². The Hall–Kier alpha value is -0.750. The van der Waals surface area contributed by atoms with Crippen LogP contribution in [-0.4, -0.2) is 20.7 Å². The molecule has 0 radical (unpaired) electrons. The topological polar surface area (TPSA) is 37.4 Å². The maximum Gasteiger partial charge on any atom is 0.266 e. The second kappa shape index (κ2) is 3.92. The third kappa shape index (κ3) is 1.60. The number of carbonyl (C=O) groups excluding carboxylic acids is 1. The molecule has 6 heteroatoms.